The number of benzene rings is 1. The molecule has 0 saturated heterocycles. The molecule has 3 N–H and O–H groups in total. The zero-order chi connectivity index (χ0) is 12.8. The van der Waals surface area contributed by atoms with Crippen LogP contribution in [0.3, 0.4) is 0 Å². The van der Waals surface area contributed by atoms with E-state index >= 15 is 0 Å². The highest BCUT2D eigenvalue weighted by Gasteiger charge is 2.05. The molecular weight excluding hydrogens is 228 g/mol. The van der Waals surface area contributed by atoms with Crippen molar-refractivity contribution in [1.29, 1.82) is 0 Å². The second-order valence-electron chi connectivity index (χ2n) is 4.08. The number of nitrogens with zero attached hydrogens (tertiary/aromatic N) is 2. The van der Waals surface area contributed by atoms with Crippen LogP contribution in [0.25, 0.3) is 11.4 Å². The molecule has 96 valence electrons. The Morgan fingerprint density at radius 2 is 2.06 bits per heavy atom. The van der Waals surface area contributed by atoms with Crippen molar-refractivity contribution in [3.05, 3.63) is 30.1 Å². The first-order valence-electron chi connectivity index (χ1n) is 6.20. The van der Waals surface area contributed by atoms with Gasteiger partial charge in [0, 0.05) is 24.2 Å². The molecule has 1 aromatic heterocycles. The van der Waals surface area contributed by atoms with Crippen molar-refractivity contribution in [1.82, 2.24) is 15.2 Å². The van der Waals surface area contributed by atoms with E-state index in [1.165, 1.54) is 0 Å². The van der Waals surface area contributed by atoms with Gasteiger partial charge in [0.25, 0.3) is 0 Å². The zero-order valence-corrected chi connectivity index (χ0v) is 10.5. The minimum Gasteiger partial charge on any atom is -0.395 e. The minimum absolute atomic E-state index is 0.128. The first-order chi connectivity index (χ1) is 8.83. The van der Waals surface area contributed by atoms with Crippen LogP contribution in [0.5, 0.6) is 0 Å². The number of nitrogens with one attached hydrogen (secondary N) is 2. The summed E-state index contributed by atoms with van der Waals surface area (Å²) in [6, 6.07) is 7.86. The normalized spacial score (nSPS) is 10.6. The third-order valence-electron chi connectivity index (χ3n) is 2.60. The quantitative estimate of drug-likeness (QED) is 0.727. The first kappa shape index (κ1) is 12.6. The molecule has 0 spiro atoms. The Labute approximate surface area is 106 Å². The second-order valence-corrected chi connectivity index (χ2v) is 4.08. The SMILES string of the molecule is CCCc1nc(-c2ccc(NCCO)cc2)n[nH]1. The van der Waals surface area contributed by atoms with E-state index in [9.17, 15) is 0 Å². The van der Waals surface area contributed by atoms with Gasteiger partial charge in [-0.1, -0.05) is 6.92 Å². The average molecular weight is 246 g/mol. The van der Waals surface area contributed by atoms with E-state index in [-0.39, 0.29) is 6.61 Å². The maximum atomic E-state index is 8.73. The summed E-state index contributed by atoms with van der Waals surface area (Å²) in [5, 5.41) is 19.0. The van der Waals surface area contributed by atoms with Gasteiger partial charge in [0.15, 0.2) is 5.82 Å². The van der Waals surface area contributed by atoms with E-state index in [2.05, 4.69) is 27.4 Å². The molecule has 5 heteroatoms. The van der Waals surface area contributed by atoms with E-state index in [1.807, 2.05) is 24.3 Å². The summed E-state index contributed by atoms with van der Waals surface area (Å²) in [4.78, 5) is 4.43. The van der Waals surface area contributed by atoms with Gasteiger partial charge in [-0.2, -0.15) is 5.10 Å². The Morgan fingerprint density at radius 1 is 1.28 bits per heavy atom. The maximum Gasteiger partial charge on any atom is 0.181 e. The van der Waals surface area contributed by atoms with Crippen LogP contribution in [0.1, 0.15) is 19.2 Å². The van der Waals surface area contributed by atoms with Crippen LogP contribution in [-0.4, -0.2) is 33.4 Å². The molecule has 0 bridgehead atoms. The van der Waals surface area contributed by atoms with Crippen molar-refractivity contribution in [2.45, 2.75) is 19.8 Å². The third-order valence-corrected chi connectivity index (χ3v) is 2.60. The number of aromatic amines is 1. The standard InChI is InChI=1S/C13H18N4O/c1-2-3-12-15-13(17-16-12)10-4-6-11(7-5-10)14-8-9-18/h4-7,14,18H,2-3,8-9H2,1H3,(H,15,16,17). The highest BCUT2D eigenvalue weighted by molar-refractivity contribution is 5.59. The predicted octanol–water partition coefficient (Wildman–Crippen LogP) is 1.83. The van der Waals surface area contributed by atoms with Gasteiger partial charge in [-0.3, -0.25) is 5.10 Å². The Kier molecular flexibility index (Phi) is 4.30. The molecule has 1 heterocycles. The molecule has 2 rings (SSSR count). The summed E-state index contributed by atoms with van der Waals surface area (Å²) in [6.07, 6.45) is 1.97. The maximum absolute atomic E-state index is 8.73. The molecule has 18 heavy (non-hydrogen) atoms. The molecule has 1 aromatic carbocycles. The van der Waals surface area contributed by atoms with Gasteiger partial charge in [0.05, 0.1) is 6.61 Å². The minimum atomic E-state index is 0.128. The fourth-order valence-corrected chi connectivity index (χ4v) is 1.71. The van der Waals surface area contributed by atoms with Crippen molar-refractivity contribution >= 4 is 5.69 Å². The predicted molar refractivity (Wildman–Crippen MR) is 71.4 cm³/mol. The van der Waals surface area contributed by atoms with Gasteiger partial charge in [-0.15, -0.1) is 0 Å². The molecule has 5 nitrogen and oxygen atoms in total. The van der Waals surface area contributed by atoms with Gasteiger partial charge in [0.1, 0.15) is 5.82 Å². The first-order valence-corrected chi connectivity index (χ1v) is 6.20. The van der Waals surface area contributed by atoms with Crippen LogP contribution in [0.2, 0.25) is 0 Å². The van der Waals surface area contributed by atoms with Crippen molar-refractivity contribution in [3.63, 3.8) is 0 Å². The number of aromatic nitrogens is 3. The van der Waals surface area contributed by atoms with Gasteiger partial charge in [-0.05, 0) is 30.7 Å². The van der Waals surface area contributed by atoms with Crippen molar-refractivity contribution in [3.8, 4) is 11.4 Å². The summed E-state index contributed by atoms with van der Waals surface area (Å²) >= 11 is 0. The second kappa shape index (κ2) is 6.16. The molecule has 0 saturated carbocycles. The van der Waals surface area contributed by atoms with E-state index in [0.717, 1.165) is 35.7 Å². The van der Waals surface area contributed by atoms with E-state index in [1.54, 1.807) is 0 Å². The highest BCUT2D eigenvalue weighted by atomic mass is 16.3. The topological polar surface area (TPSA) is 73.8 Å². The Hall–Kier alpha value is -1.88. The van der Waals surface area contributed by atoms with Crippen molar-refractivity contribution in [2.24, 2.45) is 0 Å². The van der Waals surface area contributed by atoms with E-state index < -0.39 is 0 Å². The number of rotatable bonds is 6. The summed E-state index contributed by atoms with van der Waals surface area (Å²) in [7, 11) is 0. The van der Waals surface area contributed by atoms with Crippen LogP contribution < -0.4 is 5.32 Å². The van der Waals surface area contributed by atoms with E-state index in [4.69, 9.17) is 5.11 Å². The molecular formula is C13H18N4O. The van der Waals surface area contributed by atoms with Crippen LogP contribution in [0.15, 0.2) is 24.3 Å². The molecule has 0 aliphatic carbocycles. The summed E-state index contributed by atoms with van der Waals surface area (Å²) in [5.41, 5.74) is 1.97. The monoisotopic (exact) mass is 246 g/mol. The Morgan fingerprint density at radius 3 is 2.72 bits per heavy atom. The number of anilines is 1. The van der Waals surface area contributed by atoms with Crippen molar-refractivity contribution in [2.75, 3.05) is 18.5 Å². The lowest BCUT2D eigenvalue weighted by Crippen LogP contribution is -2.04. The summed E-state index contributed by atoms with van der Waals surface area (Å²) < 4.78 is 0. The average Bonchev–Trinajstić information content (AvgIpc) is 2.86. The Bertz CT molecular complexity index is 478. The van der Waals surface area contributed by atoms with E-state index in [0.29, 0.717) is 6.54 Å². The van der Waals surface area contributed by atoms with Gasteiger partial charge < -0.3 is 10.4 Å². The van der Waals surface area contributed by atoms with Crippen LogP contribution in [0, 0.1) is 0 Å². The molecule has 0 aliphatic rings. The number of H-pyrrole nitrogens is 1. The molecule has 0 atom stereocenters. The number of aliphatic hydroxyl groups is 1. The third kappa shape index (κ3) is 3.07. The lowest BCUT2D eigenvalue weighted by Gasteiger charge is -2.04. The number of hydrogen-bond donors (Lipinski definition) is 3. The molecule has 0 amide bonds. The van der Waals surface area contributed by atoms with Crippen LogP contribution >= 0.6 is 0 Å². The fraction of sp³-hybridized carbons (Fsp3) is 0.385. The number of aliphatic hydroxyl groups excluding tert-OH is 1. The van der Waals surface area contributed by atoms with Gasteiger partial charge in [-0.25, -0.2) is 4.98 Å². The molecule has 2 aromatic rings. The van der Waals surface area contributed by atoms with Gasteiger partial charge in [0.2, 0.25) is 0 Å². The summed E-state index contributed by atoms with van der Waals surface area (Å²) in [5.74, 6) is 1.65. The zero-order valence-electron chi connectivity index (χ0n) is 10.5. The molecule has 0 aliphatic heterocycles. The molecule has 0 radical (unpaired) electrons. The largest absolute Gasteiger partial charge is 0.395 e. The number of aryl methyl sites for hydroxylation is 1. The lowest BCUT2D eigenvalue weighted by atomic mass is 10.2. The Balaban J connectivity index is 2.07. The molecule has 0 fully saturated rings. The highest BCUT2D eigenvalue weighted by Crippen LogP contribution is 2.17. The lowest BCUT2D eigenvalue weighted by molar-refractivity contribution is 0.311. The smallest absolute Gasteiger partial charge is 0.181 e. The van der Waals surface area contributed by atoms with Crippen LogP contribution in [-0.2, 0) is 6.42 Å². The van der Waals surface area contributed by atoms with Crippen molar-refractivity contribution < 1.29 is 5.11 Å². The summed E-state index contributed by atoms with van der Waals surface area (Å²) in [6.45, 7) is 2.80. The number of hydrogen-bond acceptors (Lipinski definition) is 4. The van der Waals surface area contributed by atoms with Crippen LogP contribution in [0.4, 0.5) is 5.69 Å². The fourth-order valence-electron chi connectivity index (χ4n) is 1.71. The molecule has 0 unspecified atom stereocenters. The van der Waals surface area contributed by atoms with Gasteiger partial charge >= 0.3 is 0 Å².